The van der Waals surface area contributed by atoms with E-state index in [2.05, 4.69) is 10.6 Å². The molecule has 1 heterocycles. The van der Waals surface area contributed by atoms with Gasteiger partial charge in [0.05, 0.1) is 10.5 Å². The summed E-state index contributed by atoms with van der Waals surface area (Å²) in [5.41, 5.74) is 2.85. The van der Waals surface area contributed by atoms with E-state index < -0.39 is 4.92 Å². The zero-order chi connectivity index (χ0) is 24.8. The molecule has 0 unspecified atom stereocenters. The highest BCUT2D eigenvalue weighted by Gasteiger charge is 2.16. The number of carbonyl (C=O) groups is 2. The Morgan fingerprint density at radius 2 is 1.66 bits per heavy atom. The van der Waals surface area contributed by atoms with Crippen LogP contribution in [0.5, 0.6) is 0 Å². The number of nitrogens with zero attached hydrogens (tertiary/aromatic N) is 1. The molecule has 0 bridgehead atoms. The van der Waals surface area contributed by atoms with Gasteiger partial charge in [-0.05, 0) is 67.1 Å². The Labute approximate surface area is 201 Å². The normalized spacial score (nSPS) is 10.8. The van der Waals surface area contributed by atoms with Crippen LogP contribution in [0.3, 0.4) is 0 Å². The highest BCUT2D eigenvalue weighted by molar-refractivity contribution is 6.05. The predicted molar refractivity (Wildman–Crippen MR) is 134 cm³/mol. The fourth-order valence-electron chi connectivity index (χ4n) is 3.44. The summed E-state index contributed by atoms with van der Waals surface area (Å²) in [6, 6.07) is 23.6. The molecule has 4 rings (SSSR count). The molecule has 0 spiro atoms. The van der Waals surface area contributed by atoms with Crippen molar-refractivity contribution in [3.63, 3.8) is 0 Å². The summed E-state index contributed by atoms with van der Waals surface area (Å²) in [5, 5.41) is 16.8. The summed E-state index contributed by atoms with van der Waals surface area (Å²) < 4.78 is 5.66. The summed E-state index contributed by atoms with van der Waals surface area (Å²) in [6.07, 6.45) is 2.79. The van der Waals surface area contributed by atoms with E-state index in [1.165, 1.54) is 18.2 Å². The van der Waals surface area contributed by atoms with Crippen LogP contribution in [-0.4, -0.2) is 16.7 Å². The molecule has 0 atom stereocenters. The lowest BCUT2D eigenvalue weighted by atomic mass is 10.1. The van der Waals surface area contributed by atoms with Crippen molar-refractivity contribution in [1.29, 1.82) is 0 Å². The molecule has 0 aliphatic rings. The number of furan rings is 1. The van der Waals surface area contributed by atoms with Crippen LogP contribution in [0.1, 0.15) is 21.7 Å². The van der Waals surface area contributed by atoms with Crippen molar-refractivity contribution >= 4 is 35.0 Å². The first-order valence-corrected chi connectivity index (χ1v) is 10.7. The molecule has 2 amide bonds. The molecular weight excluding hydrogens is 446 g/mol. The average Bonchev–Trinajstić information content (AvgIpc) is 3.34. The van der Waals surface area contributed by atoms with Crippen LogP contribution in [0.25, 0.3) is 17.4 Å². The van der Waals surface area contributed by atoms with Crippen molar-refractivity contribution < 1.29 is 18.9 Å². The van der Waals surface area contributed by atoms with E-state index in [4.69, 9.17) is 4.42 Å². The number of nitro groups is 1. The van der Waals surface area contributed by atoms with Crippen molar-refractivity contribution in [3.05, 3.63) is 118 Å². The Morgan fingerprint density at radius 3 is 2.40 bits per heavy atom. The number of carbonyl (C=O) groups excluding carboxylic acids is 2. The van der Waals surface area contributed by atoms with Gasteiger partial charge in [-0.25, -0.2) is 0 Å². The molecule has 0 aliphatic carbocycles. The maximum Gasteiger partial charge on any atom is 0.280 e. The minimum atomic E-state index is -0.471. The number of amides is 2. The number of nitrogens with one attached hydrogen (secondary N) is 2. The van der Waals surface area contributed by atoms with Gasteiger partial charge < -0.3 is 15.1 Å². The van der Waals surface area contributed by atoms with E-state index in [1.54, 1.807) is 72.8 Å². The number of hydrogen-bond acceptors (Lipinski definition) is 5. The van der Waals surface area contributed by atoms with Crippen molar-refractivity contribution in [2.24, 2.45) is 0 Å². The third-order valence-electron chi connectivity index (χ3n) is 5.17. The molecular formula is C27H21N3O5. The van der Waals surface area contributed by atoms with Gasteiger partial charge in [-0.3, -0.25) is 19.7 Å². The monoisotopic (exact) mass is 467 g/mol. The van der Waals surface area contributed by atoms with Crippen LogP contribution in [0.2, 0.25) is 0 Å². The number of anilines is 2. The predicted octanol–water partition coefficient (Wildman–Crippen LogP) is 6.07. The van der Waals surface area contributed by atoms with E-state index in [0.29, 0.717) is 34.0 Å². The molecule has 8 nitrogen and oxygen atoms in total. The second kappa shape index (κ2) is 10.3. The van der Waals surface area contributed by atoms with Gasteiger partial charge in [-0.2, -0.15) is 0 Å². The first kappa shape index (κ1) is 23.2. The first-order chi connectivity index (χ1) is 16.9. The fraction of sp³-hybridized carbons (Fsp3) is 0.0370. The van der Waals surface area contributed by atoms with Gasteiger partial charge in [0.2, 0.25) is 5.91 Å². The molecule has 0 saturated carbocycles. The molecule has 35 heavy (non-hydrogen) atoms. The van der Waals surface area contributed by atoms with Gasteiger partial charge >= 0.3 is 0 Å². The topological polar surface area (TPSA) is 114 Å². The van der Waals surface area contributed by atoms with Gasteiger partial charge in [-0.15, -0.1) is 0 Å². The van der Waals surface area contributed by atoms with Gasteiger partial charge in [-0.1, -0.05) is 30.3 Å². The molecule has 0 saturated heterocycles. The highest BCUT2D eigenvalue weighted by atomic mass is 16.6. The van der Waals surface area contributed by atoms with Crippen LogP contribution in [0.4, 0.5) is 17.1 Å². The smallest absolute Gasteiger partial charge is 0.280 e. The maximum absolute atomic E-state index is 12.4. The molecule has 0 aliphatic heterocycles. The highest BCUT2D eigenvalue weighted by Crippen LogP contribution is 2.31. The van der Waals surface area contributed by atoms with Crippen LogP contribution < -0.4 is 10.6 Å². The Kier molecular flexibility index (Phi) is 6.83. The molecule has 0 fully saturated rings. The van der Waals surface area contributed by atoms with Crippen LogP contribution in [-0.2, 0) is 4.79 Å². The first-order valence-electron chi connectivity index (χ1n) is 10.7. The standard InChI is InChI=1S/C27H21N3O5/c1-18-17-20(11-14-23(18)29-27(32)19-7-3-2-4-8-19)28-26(31)16-13-21-12-15-25(35-21)22-9-5-6-10-24(22)30(33)34/h2-17H,1H3,(H,28,31)(H,29,32). The largest absolute Gasteiger partial charge is 0.456 e. The van der Waals surface area contributed by atoms with E-state index >= 15 is 0 Å². The fourth-order valence-corrected chi connectivity index (χ4v) is 3.44. The van der Waals surface area contributed by atoms with Gasteiger partial charge in [0, 0.05) is 29.1 Å². The molecule has 3 aromatic carbocycles. The third-order valence-corrected chi connectivity index (χ3v) is 5.17. The Morgan fingerprint density at radius 1 is 0.914 bits per heavy atom. The van der Waals surface area contributed by atoms with Crippen molar-refractivity contribution in [2.75, 3.05) is 10.6 Å². The number of para-hydroxylation sites is 1. The number of benzene rings is 3. The minimum Gasteiger partial charge on any atom is -0.456 e. The SMILES string of the molecule is Cc1cc(NC(=O)C=Cc2ccc(-c3ccccc3[N+](=O)[O-])o2)ccc1NC(=O)c1ccccc1. The second-order valence-electron chi connectivity index (χ2n) is 7.65. The molecule has 1 aromatic heterocycles. The molecule has 4 aromatic rings. The molecule has 2 N–H and O–H groups in total. The van der Waals surface area contributed by atoms with Crippen molar-refractivity contribution in [2.45, 2.75) is 6.92 Å². The van der Waals surface area contributed by atoms with Gasteiger partial charge in [0.15, 0.2) is 0 Å². The zero-order valence-corrected chi connectivity index (χ0v) is 18.7. The summed E-state index contributed by atoms with van der Waals surface area (Å²) in [7, 11) is 0. The lowest BCUT2D eigenvalue weighted by molar-refractivity contribution is -0.384. The van der Waals surface area contributed by atoms with E-state index in [-0.39, 0.29) is 17.5 Å². The average molecular weight is 467 g/mol. The molecule has 0 radical (unpaired) electrons. The van der Waals surface area contributed by atoms with Crippen molar-refractivity contribution in [1.82, 2.24) is 0 Å². The summed E-state index contributed by atoms with van der Waals surface area (Å²) in [6.45, 7) is 1.83. The number of nitro benzene ring substituents is 1. The number of hydrogen-bond donors (Lipinski definition) is 2. The summed E-state index contributed by atoms with van der Waals surface area (Å²) >= 11 is 0. The Balaban J connectivity index is 1.39. The van der Waals surface area contributed by atoms with E-state index in [1.807, 2.05) is 13.0 Å². The minimum absolute atomic E-state index is 0.0612. The summed E-state index contributed by atoms with van der Waals surface area (Å²) in [4.78, 5) is 35.5. The van der Waals surface area contributed by atoms with Crippen molar-refractivity contribution in [3.8, 4) is 11.3 Å². The lowest BCUT2D eigenvalue weighted by Gasteiger charge is -2.10. The summed E-state index contributed by atoms with van der Waals surface area (Å²) in [5.74, 6) is 0.116. The quantitative estimate of drug-likeness (QED) is 0.195. The van der Waals surface area contributed by atoms with Gasteiger partial charge in [0.25, 0.3) is 11.6 Å². The van der Waals surface area contributed by atoms with Crippen LogP contribution >= 0.6 is 0 Å². The third kappa shape index (κ3) is 5.69. The van der Waals surface area contributed by atoms with Crippen LogP contribution in [0, 0.1) is 17.0 Å². The molecule has 8 heteroatoms. The van der Waals surface area contributed by atoms with E-state index in [0.717, 1.165) is 5.56 Å². The Bertz CT molecular complexity index is 1420. The zero-order valence-electron chi connectivity index (χ0n) is 18.7. The second-order valence-corrected chi connectivity index (χ2v) is 7.65. The lowest BCUT2D eigenvalue weighted by Crippen LogP contribution is -2.13. The number of aryl methyl sites for hydroxylation is 1. The maximum atomic E-state index is 12.4. The molecule has 174 valence electrons. The van der Waals surface area contributed by atoms with Crippen LogP contribution in [0.15, 0.2) is 95.4 Å². The number of rotatable bonds is 7. The van der Waals surface area contributed by atoms with E-state index in [9.17, 15) is 19.7 Å². The van der Waals surface area contributed by atoms with Gasteiger partial charge in [0.1, 0.15) is 11.5 Å². The Hall–Kier alpha value is -4.98.